The fourth-order valence-corrected chi connectivity index (χ4v) is 1.59. The highest BCUT2D eigenvalue weighted by atomic mass is 79.9. The Labute approximate surface area is 103 Å². The van der Waals surface area contributed by atoms with Crippen LogP contribution in [0.4, 0.5) is 0 Å². The lowest BCUT2D eigenvalue weighted by molar-refractivity contribution is 0.0600. The van der Waals surface area contributed by atoms with E-state index in [-0.39, 0.29) is 5.78 Å². The van der Waals surface area contributed by atoms with Gasteiger partial charge in [0.25, 0.3) is 0 Å². The van der Waals surface area contributed by atoms with Crippen molar-refractivity contribution in [2.45, 2.75) is 12.8 Å². The minimum atomic E-state index is -0.421. The number of benzene rings is 1. The summed E-state index contributed by atoms with van der Waals surface area (Å²) in [5, 5.41) is 0.801. The summed E-state index contributed by atoms with van der Waals surface area (Å²) in [5.41, 5.74) is 0.969. The van der Waals surface area contributed by atoms with Crippen LogP contribution in [0.15, 0.2) is 24.3 Å². The summed E-state index contributed by atoms with van der Waals surface area (Å²) in [6.07, 6.45) is 1.27. The number of carbonyl (C=O) groups excluding carboxylic acids is 2. The average Bonchev–Trinajstić information content (AvgIpc) is 2.35. The van der Waals surface area contributed by atoms with Crippen molar-refractivity contribution in [3.05, 3.63) is 35.4 Å². The number of carbonyl (C=O) groups is 2. The second-order valence-corrected chi connectivity index (χ2v) is 4.08. The van der Waals surface area contributed by atoms with Crippen molar-refractivity contribution in [3.63, 3.8) is 0 Å². The van der Waals surface area contributed by atoms with Crippen LogP contribution in [0.25, 0.3) is 0 Å². The fraction of sp³-hybridized carbons (Fsp3) is 0.333. The van der Waals surface area contributed by atoms with Crippen LogP contribution in [-0.4, -0.2) is 24.2 Å². The van der Waals surface area contributed by atoms with Crippen LogP contribution in [0.5, 0.6) is 0 Å². The van der Waals surface area contributed by atoms with Crippen LogP contribution >= 0.6 is 15.9 Å². The number of methoxy groups -OCH3 is 1. The van der Waals surface area contributed by atoms with Crippen molar-refractivity contribution in [3.8, 4) is 0 Å². The standard InChI is InChI=1S/C12H13BrO3/c1-16-12(15)10-5-2-4-9(8-10)11(14)6-3-7-13/h2,4-5,8H,3,6-7H2,1H3. The predicted octanol–water partition coefficient (Wildman–Crippen LogP) is 2.83. The highest BCUT2D eigenvalue weighted by Gasteiger charge is 2.09. The Balaban J connectivity index is 2.81. The number of Topliss-reactive ketones (excluding diaryl/α,β-unsaturated/α-hetero) is 1. The molecular formula is C12H13BrO3. The van der Waals surface area contributed by atoms with E-state index in [4.69, 9.17) is 0 Å². The lowest BCUT2D eigenvalue weighted by Gasteiger charge is -2.02. The summed E-state index contributed by atoms with van der Waals surface area (Å²) in [5.74, 6) is -0.375. The molecule has 1 aromatic rings. The van der Waals surface area contributed by atoms with Crippen LogP contribution in [0.1, 0.15) is 33.6 Å². The van der Waals surface area contributed by atoms with E-state index in [0.29, 0.717) is 17.5 Å². The van der Waals surface area contributed by atoms with E-state index >= 15 is 0 Å². The zero-order valence-corrected chi connectivity index (χ0v) is 10.6. The monoisotopic (exact) mass is 284 g/mol. The molecule has 0 atom stereocenters. The van der Waals surface area contributed by atoms with Gasteiger partial charge in [0.2, 0.25) is 0 Å². The van der Waals surface area contributed by atoms with Gasteiger partial charge in [-0.1, -0.05) is 28.1 Å². The van der Waals surface area contributed by atoms with E-state index in [1.54, 1.807) is 24.3 Å². The Morgan fingerprint density at radius 3 is 2.62 bits per heavy atom. The van der Waals surface area contributed by atoms with Crippen molar-refractivity contribution >= 4 is 27.7 Å². The van der Waals surface area contributed by atoms with Gasteiger partial charge in [0.15, 0.2) is 5.78 Å². The molecule has 0 bridgehead atoms. The van der Waals surface area contributed by atoms with Crippen LogP contribution in [-0.2, 0) is 4.74 Å². The summed E-state index contributed by atoms with van der Waals surface area (Å²) in [6, 6.07) is 6.60. The maximum atomic E-state index is 11.7. The Morgan fingerprint density at radius 1 is 1.31 bits per heavy atom. The largest absolute Gasteiger partial charge is 0.465 e. The second-order valence-electron chi connectivity index (χ2n) is 3.29. The van der Waals surface area contributed by atoms with Gasteiger partial charge in [-0.05, 0) is 18.6 Å². The first kappa shape index (κ1) is 12.9. The van der Waals surface area contributed by atoms with Crippen LogP contribution in [0.2, 0.25) is 0 Å². The van der Waals surface area contributed by atoms with E-state index in [1.807, 2.05) is 0 Å². The zero-order chi connectivity index (χ0) is 12.0. The van der Waals surface area contributed by atoms with Crippen molar-refractivity contribution < 1.29 is 14.3 Å². The molecule has 0 amide bonds. The van der Waals surface area contributed by atoms with E-state index < -0.39 is 5.97 Å². The maximum absolute atomic E-state index is 11.7. The maximum Gasteiger partial charge on any atom is 0.337 e. The molecule has 0 aromatic heterocycles. The van der Waals surface area contributed by atoms with E-state index in [1.165, 1.54) is 7.11 Å². The van der Waals surface area contributed by atoms with Crippen LogP contribution in [0, 0.1) is 0 Å². The minimum Gasteiger partial charge on any atom is -0.465 e. The molecule has 0 aliphatic carbocycles. The van der Waals surface area contributed by atoms with Crippen molar-refractivity contribution in [2.75, 3.05) is 12.4 Å². The Hall–Kier alpha value is -1.16. The Kier molecular flexibility index (Phi) is 5.19. The first-order valence-electron chi connectivity index (χ1n) is 4.96. The molecule has 0 N–H and O–H groups in total. The molecule has 16 heavy (non-hydrogen) atoms. The molecule has 0 fully saturated rings. The summed E-state index contributed by atoms with van der Waals surface area (Å²) >= 11 is 3.27. The van der Waals surface area contributed by atoms with Crippen LogP contribution in [0.3, 0.4) is 0 Å². The summed E-state index contributed by atoms with van der Waals surface area (Å²) < 4.78 is 4.59. The number of ketones is 1. The second kappa shape index (κ2) is 6.43. The molecular weight excluding hydrogens is 272 g/mol. The molecule has 0 saturated heterocycles. The van der Waals surface area contributed by atoms with Gasteiger partial charge >= 0.3 is 5.97 Å². The minimum absolute atomic E-state index is 0.0465. The molecule has 0 radical (unpaired) electrons. The Morgan fingerprint density at radius 2 is 2.00 bits per heavy atom. The van der Waals surface area contributed by atoms with Gasteiger partial charge in [0.1, 0.15) is 0 Å². The van der Waals surface area contributed by atoms with Crippen molar-refractivity contribution in [2.24, 2.45) is 0 Å². The number of esters is 1. The van der Waals surface area contributed by atoms with Gasteiger partial charge < -0.3 is 4.74 Å². The van der Waals surface area contributed by atoms with Gasteiger partial charge in [-0.2, -0.15) is 0 Å². The molecule has 0 aliphatic heterocycles. The van der Waals surface area contributed by atoms with E-state index in [9.17, 15) is 9.59 Å². The lowest BCUT2D eigenvalue weighted by Crippen LogP contribution is -2.05. The van der Waals surface area contributed by atoms with E-state index in [2.05, 4.69) is 20.7 Å². The molecule has 3 nitrogen and oxygen atoms in total. The molecule has 4 heteroatoms. The molecule has 0 saturated carbocycles. The summed E-state index contributed by atoms with van der Waals surface area (Å²) in [6.45, 7) is 0. The van der Waals surface area contributed by atoms with Gasteiger partial charge in [-0.15, -0.1) is 0 Å². The molecule has 0 spiro atoms. The molecule has 0 unspecified atom stereocenters. The number of hydrogen-bond acceptors (Lipinski definition) is 3. The number of halogens is 1. The smallest absolute Gasteiger partial charge is 0.337 e. The SMILES string of the molecule is COC(=O)c1cccc(C(=O)CCCBr)c1. The van der Waals surface area contributed by atoms with Crippen molar-refractivity contribution in [1.82, 2.24) is 0 Å². The first-order valence-corrected chi connectivity index (χ1v) is 6.08. The third kappa shape index (κ3) is 3.45. The van der Waals surface area contributed by atoms with E-state index in [0.717, 1.165) is 11.8 Å². The predicted molar refractivity (Wildman–Crippen MR) is 65.1 cm³/mol. The first-order chi connectivity index (χ1) is 7.69. The fourth-order valence-electron chi connectivity index (χ4n) is 1.31. The summed E-state index contributed by atoms with van der Waals surface area (Å²) in [4.78, 5) is 23.0. The number of ether oxygens (including phenoxy) is 1. The van der Waals surface area contributed by atoms with Gasteiger partial charge in [0.05, 0.1) is 12.7 Å². The third-order valence-electron chi connectivity index (χ3n) is 2.14. The zero-order valence-electron chi connectivity index (χ0n) is 9.03. The topological polar surface area (TPSA) is 43.4 Å². The molecule has 86 valence electrons. The third-order valence-corrected chi connectivity index (χ3v) is 2.70. The van der Waals surface area contributed by atoms with Gasteiger partial charge in [0, 0.05) is 17.3 Å². The van der Waals surface area contributed by atoms with Crippen molar-refractivity contribution in [1.29, 1.82) is 0 Å². The molecule has 0 heterocycles. The molecule has 0 aliphatic rings. The van der Waals surface area contributed by atoms with Gasteiger partial charge in [-0.3, -0.25) is 4.79 Å². The number of alkyl halides is 1. The number of hydrogen-bond donors (Lipinski definition) is 0. The summed E-state index contributed by atoms with van der Waals surface area (Å²) in [7, 11) is 1.32. The highest BCUT2D eigenvalue weighted by molar-refractivity contribution is 9.09. The molecule has 1 aromatic carbocycles. The quantitative estimate of drug-likeness (QED) is 0.474. The molecule has 1 rings (SSSR count). The van der Waals surface area contributed by atoms with Gasteiger partial charge in [-0.25, -0.2) is 4.79 Å². The normalized spacial score (nSPS) is 9.88. The highest BCUT2D eigenvalue weighted by Crippen LogP contribution is 2.10. The van der Waals surface area contributed by atoms with Crippen LogP contribution < -0.4 is 0 Å². The lowest BCUT2D eigenvalue weighted by atomic mass is 10.0. The Bertz CT molecular complexity index is 388. The number of rotatable bonds is 5. The average molecular weight is 285 g/mol.